The fourth-order valence-corrected chi connectivity index (χ4v) is 1.59. The first kappa shape index (κ1) is 15.1. The Morgan fingerprint density at radius 2 is 1.39 bits per heavy atom. The Kier molecular flexibility index (Phi) is 2.98. The maximum atomic E-state index is 13.0. The molecular formula is C6BrF8NO2. The topological polar surface area (TPSA) is 43.1 Å². The van der Waals surface area contributed by atoms with Gasteiger partial charge in [0, 0.05) is 0 Å². The number of nitro groups is 1. The summed E-state index contributed by atoms with van der Waals surface area (Å²) >= 11 is 0.985. The van der Waals surface area contributed by atoms with Gasteiger partial charge < -0.3 is 0 Å². The van der Waals surface area contributed by atoms with E-state index in [1.54, 1.807) is 0 Å². The predicted molar refractivity (Wildman–Crippen MR) is 42.7 cm³/mol. The summed E-state index contributed by atoms with van der Waals surface area (Å²) in [5.41, 5.74) is -3.37. The summed E-state index contributed by atoms with van der Waals surface area (Å²) in [6, 6.07) is 0. The number of nitrogens with zero attached hydrogens (tertiary/aromatic N) is 1. The highest BCUT2D eigenvalue weighted by molar-refractivity contribution is 9.10. The van der Waals surface area contributed by atoms with Gasteiger partial charge in [-0.1, -0.05) is 0 Å². The van der Waals surface area contributed by atoms with E-state index in [-0.39, 0.29) is 0 Å². The van der Waals surface area contributed by atoms with Gasteiger partial charge in [-0.25, -0.2) is 4.39 Å². The second-order valence-corrected chi connectivity index (χ2v) is 4.31. The maximum Gasteiger partial charge on any atom is 0.405 e. The van der Waals surface area contributed by atoms with Crippen LogP contribution in [-0.4, -0.2) is 27.3 Å². The van der Waals surface area contributed by atoms with E-state index in [9.17, 15) is 45.2 Å². The van der Waals surface area contributed by atoms with E-state index >= 15 is 0 Å². The minimum Gasteiger partial charge on any atom is -0.258 e. The summed E-state index contributed by atoms with van der Waals surface area (Å²) in [5.74, 6) is -21.7. The molecule has 18 heavy (non-hydrogen) atoms. The van der Waals surface area contributed by atoms with Gasteiger partial charge in [-0.3, -0.25) is 10.1 Å². The van der Waals surface area contributed by atoms with Gasteiger partial charge in [0.1, 0.15) is 0 Å². The Balaban J connectivity index is 3.79. The van der Waals surface area contributed by atoms with Crippen molar-refractivity contribution < 1.29 is 40.0 Å². The lowest BCUT2D eigenvalue weighted by atomic mass is 9.90. The van der Waals surface area contributed by atoms with Crippen LogP contribution in [-0.2, 0) is 0 Å². The third-order valence-corrected chi connectivity index (χ3v) is 3.14. The minimum absolute atomic E-state index is 0.985. The zero-order valence-corrected chi connectivity index (χ0v) is 9.25. The van der Waals surface area contributed by atoms with Gasteiger partial charge in [-0.05, 0) is 15.9 Å². The Morgan fingerprint density at radius 1 is 1.00 bits per heavy atom. The monoisotopic (exact) mass is 349 g/mol. The molecule has 104 valence electrons. The zero-order chi connectivity index (χ0) is 14.7. The molecule has 1 aliphatic carbocycles. The average Bonchev–Trinajstić information content (AvgIpc) is 2.14. The van der Waals surface area contributed by atoms with E-state index in [1.807, 2.05) is 0 Å². The van der Waals surface area contributed by atoms with Crippen molar-refractivity contribution in [2.75, 3.05) is 0 Å². The number of alkyl halides is 8. The molecule has 1 aliphatic rings. The van der Waals surface area contributed by atoms with E-state index in [0.717, 1.165) is 15.9 Å². The molecule has 1 unspecified atom stereocenters. The number of rotatable bonds is 1. The number of halogens is 9. The molecule has 1 atom stereocenters. The van der Waals surface area contributed by atoms with Crippen LogP contribution in [0, 0.1) is 10.1 Å². The summed E-state index contributed by atoms with van der Waals surface area (Å²) < 4.78 is 97.6. The molecule has 0 saturated carbocycles. The lowest BCUT2D eigenvalue weighted by Crippen LogP contribution is -2.66. The molecule has 0 N–H and O–H groups in total. The van der Waals surface area contributed by atoms with Crippen LogP contribution < -0.4 is 0 Å². The van der Waals surface area contributed by atoms with Gasteiger partial charge in [-0.2, -0.15) is 30.7 Å². The second kappa shape index (κ2) is 3.54. The number of hydrogen-bond acceptors (Lipinski definition) is 2. The lowest BCUT2D eigenvalue weighted by Gasteiger charge is -2.39. The molecule has 0 spiro atoms. The summed E-state index contributed by atoms with van der Waals surface area (Å²) in [6.07, 6.45) is 0. The highest BCUT2D eigenvalue weighted by Crippen LogP contribution is 2.63. The first-order valence-corrected chi connectivity index (χ1v) is 4.58. The van der Waals surface area contributed by atoms with Crippen molar-refractivity contribution in [1.82, 2.24) is 0 Å². The molecule has 0 fully saturated rings. The predicted octanol–water partition coefficient (Wildman–Crippen LogP) is 3.42. The molecule has 0 saturated heterocycles. The Bertz CT molecular complexity index is 445. The molecule has 0 radical (unpaired) electrons. The number of allylic oxidation sites excluding steroid dienone is 2. The van der Waals surface area contributed by atoms with E-state index in [2.05, 4.69) is 0 Å². The van der Waals surface area contributed by atoms with Crippen molar-refractivity contribution in [3.63, 3.8) is 0 Å². The second-order valence-electron chi connectivity index (χ2n) is 3.22. The van der Waals surface area contributed by atoms with Gasteiger partial charge in [0.25, 0.3) is 5.83 Å². The fourth-order valence-electron chi connectivity index (χ4n) is 1.16. The van der Waals surface area contributed by atoms with Gasteiger partial charge in [0.15, 0.2) is 0 Å². The zero-order valence-electron chi connectivity index (χ0n) is 7.67. The van der Waals surface area contributed by atoms with Crippen LogP contribution in [0.25, 0.3) is 0 Å². The van der Waals surface area contributed by atoms with E-state index in [0.29, 0.717) is 0 Å². The minimum atomic E-state index is -6.23. The van der Waals surface area contributed by atoms with Crippen LogP contribution in [0.2, 0.25) is 0 Å². The fraction of sp³-hybridized carbons (Fsp3) is 0.667. The van der Waals surface area contributed by atoms with Crippen molar-refractivity contribution in [1.29, 1.82) is 0 Å². The Morgan fingerprint density at radius 3 is 1.72 bits per heavy atom. The van der Waals surface area contributed by atoms with Gasteiger partial charge in [0.2, 0.25) is 0 Å². The van der Waals surface area contributed by atoms with Crippen LogP contribution in [0.3, 0.4) is 0 Å². The molecule has 0 aromatic carbocycles. The molecule has 0 amide bonds. The first-order valence-electron chi connectivity index (χ1n) is 3.79. The normalized spacial score (nSPS) is 33.4. The molecule has 0 aromatic rings. The van der Waals surface area contributed by atoms with Crippen LogP contribution in [0.5, 0.6) is 0 Å². The van der Waals surface area contributed by atoms with E-state index in [1.165, 1.54) is 0 Å². The standard InChI is InChI=1S/C6BrF8NO2/c7-5(13)3(9,10)1(8)2(16(17)18)4(11,12)6(5,14)15. The van der Waals surface area contributed by atoms with Crippen molar-refractivity contribution in [3.8, 4) is 0 Å². The van der Waals surface area contributed by atoms with Crippen molar-refractivity contribution in [2.45, 2.75) is 22.3 Å². The van der Waals surface area contributed by atoms with Crippen LogP contribution in [0.1, 0.15) is 0 Å². The average molecular weight is 350 g/mol. The highest BCUT2D eigenvalue weighted by atomic mass is 79.9. The molecular weight excluding hydrogens is 350 g/mol. The van der Waals surface area contributed by atoms with E-state index in [4.69, 9.17) is 0 Å². The Hall–Kier alpha value is -0.940. The molecule has 12 heteroatoms. The van der Waals surface area contributed by atoms with Crippen molar-refractivity contribution in [2.24, 2.45) is 0 Å². The summed E-state index contributed by atoms with van der Waals surface area (Å²) in [7, 11) is 0. The SMILES string of the molecule is O=[N+]([O-])C1=C(F)C(F)(F)C(F)(Br)C(F)(F)C1(F)F. The summed E-state index contributed by atoms with van der Waals surface area (Å²) in [5, 5.41) is 9.99. The molecule has 0 bridgehead atoms. The van der Waals surface area contributed by atoms with Crippen LogP contribution in [0.4, 0.5) is 35.1 Å². The first-order chi connectivity index (χ1) is 7.73. The third-order valence-electron chi connectivity index (χ3n) is 2.15. The van der Waals surface area contributed by atoms with Crippen LogP contribution in [0.15, 0.2) is 11.5 Å². The highest BCUT2D eigenvalue weighted by Gasteiger charge is 2.88. The largest absolute Gasteiger partial charge is 0.405 e. The number of hydrogen-bond donors (Lipinski definition) is 0. The maximum absolute atomic E-state index is 13.0. The van der Waals surface area contributed by atoms with Gasteiger partial charge in [-0.15, -0.1) is 0 Å². The molecule has 0 heterocycles. The van der Waals surface area contributed by atoms with Gasteiger partial charge in [0.05, 0.1) is 4.92 Å². The third kappa shape index (κ3) is 1.40. The van der Waals surface area contributed by atoms with E-state index < -0.39 is 38.8 Å². The van der Waals surface area contributed by atoms with Crippen LogP contribution >= 0.6 is 15.9 Å². The van der Waals surface area contributed by atoms with Crippen molar-refractivity contribution in [3.05, 3.63) is 21.6 Å². The smallest absolute Gasteiger partial charge is 0.258 e. The Labute approximate surface area is 101 Å². The lowest BCUT2D eigenvalue weighted by molar-refractivity contribution is -0.474. The molecule has 3 nitrogen and oxygen atoms in total. The summed E-state index contributed by atoms with van der Waals surface area (Å²) in [6.45, 7) is 0. The quantitative estimate of drug-likeness (QED) is 0.315. The molecule has 0 aliphatic heterocycles. The molecule has 1 rings (SSSR count). The summed E-state index contributed by atoms with van der Waals surface area (Å²) in [4.78, 5) is 7.55. The van der Waals surface area contributed by atoms with Gasteiger partial charge >= 0.3 is 28.0 Å². The molecule has 0 aromatic heterocycles. The van der Waals surface area contributed by atoms with Crippen molar-refractivity contribution >= 4 is 15.9 Å².